The summed E-state index contributed by atoms with van der Waals surface area (Å²) in [4.78, 5) is 13.0. The molecule has 1 N–H and O–H groups in total. The monoisotopic (exact) mass is 305 g/mol. The van der Waals surface area contributed by atoms with Crippen LogP contribution in [0.1, 0.15) is 21.5 Å². The third-order valence-electron chi connectivity index (χ3n) is 3.73. The van der Waals surface area contributed by atoms with Gasteiger partial charge in [-0.2, -0.15) is 0 Å². The minimum atomic E-state index is -0.937. The number of rotatable bonds is 3. The number of nitrogens with zero attached hydrogens (tertiary/aromatic N) is 1. The van der Waals surface area contributed by atoms with E-state index in [1.54, 1.807) is 30.3 Å². The first-order valence-electron chi connectivity index (χ1n) is 6.60. The quantitative estimate of drug-likeness (QED) is 0.939. The molecule has 1 aliphatic rings. The number of hydrogen-bond donors (Lipinski definition) is 1. The second-order valence-electron chi connectivity index (χ2n) is 5.02. The Hall–Kier alpha value is -2.07. The number of benzene rings is 2. The summed E-state index contributed by atoms with van der Waals surface area (Å²) in [6, 6.07) is 9.68. The Balaban J connectivity index is 1.90. The molecule has 0 unspecified atom stereocenters. The predicted molar refractivity (Wildman–Crippen MR) is 79.6 cm³/mol. The van der Waals surface area contributed by atoms with Crippen LogP contribution in [0.2, 0.25) is 5.02 Å². The van der Waals surface area contributed by atoms with Gasteiger partial charge in [-0.3, -0.25) is 0 Å². The molecule has 3 nitrogen and oxygen atoms in total. The van der Waals surface area contributed by atoms with Crippen molar-refractivity contribution in [1.29, 1.82) is 0 Å². The van der Waals surface area contributed by atoms with Crippen molar-refractivity contribution in [1.82, 2.24) is 0 Å². The van der Waals surface area contributed by atoms with Gasteiger partial charge < -0.3 is 10.0 Å². The average molecular weight is 306 g/mol. The molecule has 21 heavy (non-hydrogen) atoms. The highest BCUT2D eigenvalue weighted by Crippen LogP contribution is 2.32. The molecule has 3 rings (SSSR count). The molecule has 0 fully saturated rings. The standard InChI is InChI=1S/C16H13ClFNO2/c17-13-2-1-3-14(18)12(13)9-19-7-6-10-8-11(16(20)21)4-5-15(10)19/h1-5,8H,6-7,9H2,(H,20,21). The van der Waals surface area contributed by atoms with Gasteiger partial charge in [0.1, 0.15) is 5.82 Å². The lowest BCUT2D eigenvalue weighted by molar-refractivity contribution is 0.0697. The van der Waals surface area contributed by atoms with Gasteiger partial charge in [0.2, 0.25) is 0 Å². The van der Waals surface area contributed by atoms with E-state index in [-0.39, 0.29) is 11.4 Å². The van der Waals surface area contributed by atoms with Crippen molar-refractivity contribution in [3.63, 3.8) is 0 Å². The molecule has 1 heterocycles. The Morgan fingerprint density at radius 2 is 2.14 bits per heavy atom. The van der Waals surface area contributed by atoms with E-state index < -0.39 is 5.97 Å². The Labute approximate surface area is 126 Å². The highest BCUT2D eigenvalue weighted by molar-refractivity contribution is 6.31. The second-order valence-corrected chi connectivity index (χ2v) is 5.43. The van der Waals surface area contributed by atoms with E-state index >= 15 is 0 Å². The van der Waals surface area contributed by atoms with E-state index in [1.807, 2.05) is 4.90 Å². The molecule has 0 atom stereocenters. The first-order chi connectivity index (χ1) is 10.1. The van der Waals surface area contributed by atoms with Crippen LogP contribution in [0.15, 0.2) is 36.4 Å². The molecule has 0 aliphatic carbocycles. The molecule has 0 aromatic heterocycles. The number of aromatic carboxylic acids is 1. The van der Waals surface area contributed by atoms with Crippen molar-refractivity contribution in [2.75, 3.05) is 11.4 Å². The van der Waals surface area contributed by atoms with Crippen LogP contribution in [0.25, 0.3) is 0 Å². The number of anilines is 1. The largest absolute Gasteiger partial charge is 0.478 e. The average Bonchev–Trinajstić information content (AvgIpc) is 2.85. The molecule has 0 amide bonds. The summed E-state index contributed by atoms with van der Waals surface area (Å²) in [5.41, 5.74) is 2.66. The number of fused-ring (bicyclic) bond motifs is 1. The SMILES string of the molecule is O=C(O)c1ccc2c(c1)CCN2Cc1c(F)cccc1Cl. The smallest absolute Gasteiger partial charge is 0.335 e. The van der Waals surface area contributed by atoms with Gasteiger partial charge in [0, 0.05) is 29.4 Å². The molecule has 1 aliphatic heterocycles. The fourth-order valence-corrected chi connectivity index (χ4v) is 2.86. The number of hydrogen-bond acceptors (Lipinski definition) is 2. The molecule has 0 radical (unpaired) electrons. The molecule has 0 saturated carbocycles. The zero-order valence-corrected chi connectivity index (χ0v) is 11.9. The number of carboxylic acid groups (broad SMARTS) is 1. The van der Waals surface area contributed by atoms with Gasteiger partial charge in [-0.1, -0.05) is 17.7 Å². The van der Waals surface area contributed by atoms with E-state index in [1.165, 1.54) is 6.07 Å². The molecule has 0 bridgehead atoms. The second kappa shape index (κ2) is 5.37. The lowest BCUT2D eigenvalue weighted by atomic mass is 10.1. The van der Waals surface area contributed by atoms with Crippen LogP contribution in [-0.2, 0) is 13.0 Å². The highest BCUT2D eigenvalue weighted by atomic mass is 35.5. The Morgan fingerprint density at radius 3 is 2.86 bits per heavy atom. The minimum Gasteiger partial charge on any atom is -0.478 e. The van der Waals surface area contributed by atoms with Gasteiger partial charge in [-0.25, -0.2) is 9.18 Å². The predicted octanol–water partition coefficient (Wildman–Crippen LogP) is 3.74. The fourth-order valence-electron chi connectivity index (χ4n) is 2.64. The topological polar surface area (TPSA) is 40.5 Å². The Bertz CT molecular complexity index is 697. The van der Waals surface area contributed by atoms with E-state index in [0.29, 0.717) is 17.1 Å². The normalized spacial score (nSPS) is 13.3. The van der Waals surface area contributed by atoms with Crippen LogP contribution < -0.4 is 4.90 Å². The van der Waals surface area contributed by atoms with Crippen LogP contribution in [0.5, 0.6) is 0 Å². The third-order valence-corrected chi connectivity index (χ3v) is 4.08. The fraction of sp³-hybridized carbons (Fsp3) is 0.188. The molecule has 0 saturated heterocycles. The van der Waals surface area contributed by atoms with Crippen LogP contribution in [-0.4, -0.2) is 17.6 Å². The Morgan fingerprint density at radius 1 is 1.33 bits per heavy atom. The van der Waals surface area contributed by atoms with Gasteiger partial charge in [0.15, 0.2) is 0 Å². The zero-order valence-electron chi connectivity index (χ0n) is 11.1. The van der Waals surface area contributed by atoms with Crippen LogP contribution in [0.3, 0.4) is 0 Å². The summed E-state index contributed by atoms with van der Waals surface area (Å²) in [5, 5.41) is 9.42. The molecule has 108 valence electrons. The van der Waals surface area contributed by atoms with Gasteiger partial charge in [-0.05, 0) is 42.3 Å². The molecular formula is C16H13ClFNO2. The van der Waals surface area contributed by atoms with Crippen molar-refractivity contribution in [3.8, 4) is 0 Å². The van der Waals surface area contributed by atoms with Gasteiger partial charge >= 0.3 is 5.97 Å². The van der Waals surface area contributed by atoms with Crippen LogP contribution in [0.4, 0.5) is 10.1 Å². The maximum atomic E-state index is 13.9. The lowest BCUT2D eigenvalue weighted by Gasteiger charge is -2.20. The molecule has 5 heteroatoms. The summed E-state index contributed by atoms with van der Waals surface area (Å²) < 4.78 is 13.9. The van der Waals surface area contributed by atoms with Crippen LogP contribution >= 0.6 is 11.6 Å². The molecular weight excluding hydrogens is 293 g/mol. The molecule has 2 aromatic rings. The zero-order chi connectivity index (χ0) is 15.0. The molecule has 0 spiro atoms. The number of carbonyl (C=O) groups is 1. The minimum absolute atomic E-state index is 0.277. The van der Waals surface area contributed by atoms with E-state index in [2.05, 4.69) is 0 Å². The van der Waals surface area contributed by atoms with Crippen molar-refractivity contribution < 1.29 is 14.3 Å². The first kappa shape index (κ1) is 13.9. The van der Waals surface area contributed by atoms with E-state index in [0.717, 1.165) is 24.2 Å². The van der Waals surface area contributed by atoms with Crippen molar-refractivity contribution in [3.05, 3.63) is 63.9 Å². The summed E-state index contributed by atoms with van der Waals surface area (Å²) in [5.74, 6) is -1.26. The van der Waals surface area contributed by atoms with Gasteiger partial charge in [0.25, 0.3) is 0 Å². The van der Waals surface area contributed by atoms with Crippen LogP contribution in [0, 0.1) is 5.82 Å². The van der Waals surface area contributed by atoms with Crippen molar-refractivity contribution in [2.24, 2.45) is 0 Å². The summed E-state index contributed by atoms with van der Waals surface area (Å²) >= 11 is 6.06. The van der Waals surface area contributed by atoms with E-state index in [4.69, 9.17) is 16.7 Å². The highest BCUT2D eigenvalue weighted by Gasteiger charge is 2.22. The van der Waals surface area contributed by atoms with Crippen molar-refractivity contribution in [2.45, 2.75) is 13.0 Å². The summed E-state index contributed by atoms with van der Waals surface area (Å²) in [6.07, 6.45) is 0.753. The lowest BCUT2D eigenvalue weighted by Crippen LogP contribution is -2.20. The van der Waals surface area contributed by atoms with Gasteiger partial charge in [0.05, 0.1) is 5.56 Å². The van der Waals surface area contributed by atoms with Crippen molar-refractivity contribution >= 4 is 23.3 Å². The maximum absolute atomic E-state index is 13.9. The molecule has 2 aromatic carbocycles. The third kappa shape index (κ3) is 2.59. The summed E-state index contributed by atoms with van der Waals surface area (Å²) in [6.45, 7) is 1.11. The Kier molecular flexibility index (Phi) is 3.55. The maximum Gasteiger partial charge on any atom is 0.335 e. The number of halogens is 2. The first-order valence-corrected chi connectivity index (χ1v) is 6.98. The van der Waals surface area contributed by atoms with Gasteiger partial charge in [-0.15, -0.1) is 0 Å². The summed E-state index contributed by atoms with van der Waals surface area (Å²) in [7, 11) is 0. The number of carboxylic acids is 1. The van der Waals surface area contributed by atoms with E-state index in [9.17, 15) is 9.18 Å².